The van der Waals surface area contributed by atoms with Crippen molar-refractivity contribution < 1.29 is 0 Å². The van der Waals surface area contributed by atoms with Gasteiger partial charge in [0, 0.05) is 25.7 Å². The van der Waals surface area contributed by atoms with Crippen LogP contribution in [0.3, 0.4) is 0 Å². The monoisotopic (exact) mass is 210 g/mol. The smallest absolute Gasteiger partial charge is 0.0223 e. The van der Waals surface area contributed by atoms with Crippen molar-refractivity contribution in [2.45, 2.75) is 51.5 Å². The van der Waals surface area contributed by atoms with Gasteiger partial charge in [-0.25, -0.2) is 0 Å². The minimum absolute atomic E-state index is 0.897. The molecule has 0 aromatic rings. The van der Waals surface area contributed by atoms with Crippen LogP contribution in [-0.2, 0) is 0 Å². The third-order valence-electron chi connectivity index (χ3n) is 4.00. The van der Waals surface area contributed by atoms with Crippen LogP contribution in [-0.4, -0.2) is 48.6 Å². The fraction of sp³-hybridized carbons (Fsp3) is 1.00. The topological polar surface area (TPSA) is 6.48 Å². The lowest BCUT2D eigenvalue weighted by atomic mass is 9.99. The van der Waals surface area contributed by atoms with Gasteiger partial charge < -0.3 is 4.90 Å². The van der Waals surface area contributed by atoms with Crippen molar-refractivity contribution in [3.8, 4) is 0 Å². The van der Waals surface area contributed by atoms with Crippen molar-refractivity contribution in [2.24, 2.45) is 0 Å². The molecule has 1 unspecified atom stereocenters. The van der Waals surface area contributed by atoms with Gasteiger partial charge in [-0.3, -0.25) is 4.90 Å². The number of fused-ring (bicyclic) bond motifs is 1. The molecule has 88 valence electrons. The van der Waals surface area contributed by atoms with Crippen LogP contribution in [0.1, 0.15) is 45.4 Å². The first-order chi connectivity index (χ1) is 7.40. The van der Waals surface area contributed by atoms with Gasteiger partial charge in [0.1, 0.15) is 0 Å². The van der Waals surface area contributed by atoms with Gasteiger partial charge >= 0.3 is 0 Å². The van der Waals surface area contributed by atoms with Gasteiger partial charge in [0.15, 0.2) is 0 Å². The highest BCUT2D eigenvalue weighted by Gasteiger charge is 2.28. The molecule has 2 fully saturated rings. The number of nitrogens with zero attached hydrogens (tertiary/aromatic N) is 2. The quantitative estimate of drug-likeness (QED) is 0.657. The average Bonchev–Trinajstić information content (AvgIpc) is 2.29. The van der Waals surface area contributed by atoms with Crippen LogP contribution in [0.4, 0.5) is 0 Å². The molecule has 0 spiro atoms. The van der Waals surface area contributed by atoms with E-state index in [1.807, 2.05) is 0 Å². The molecule has 0 aliphatic carbocycles. The van der Waals surface area contributed by atoms with E-state index in [1.54, 1.807) is 0 Å². The van der Waals surface area contributed by atoms with Crippen LogP contribution >= 0.6 is 0 Å². The molecule has 0 aromatic carbocycles. The largest absolute Gasteiger partial charge is 0.301 e. The molecule has 0 saturated carbocycles. The highest BCUT2D eigenvalue weighted by Crippen LogP contribution is 2.21. The summed E-state index contributed by atoms with van der Waals surface area (Å²) in [4.78, 5) is 5.42. The van der Waals surface area contributed by atoms with E-state index in [4.69, 9.17) is 0 Å². The van der Waals surface area contributed by atoms with E-state index in [0.717, 1.165) is 6.04 Å². The second-order valence-corrected chi connectivity index (χ2v) is 5.19. The van der Waals surface area contributed by atoms with E-state index < -0.39 is 0 Å². The Bertz CT molecular complexity index is 179. The molecule has 0 amide bonds. The molecule has 2 saturated heterocycles. The molecule has 2 aliphatic rings. The van der Waals surface area contributed by atoms with E-state index in [1.165, 1.54) is 71.2 Å². The summed E-state index contributed by atoms with van der Waals surface area (Å²) >= 11 is 0. The summed E-state index contributed by atoms with van der Waals surface area (Å²) in [5.41, 5.74) is 0. The van der Waals surface area contributed by atoms with Gasteiger partial charge in [-0.05, 0) is 32.4 Å². The molecular weight excluding hydrogens is 184 g/mol. The molecule has 0 aromatic heterocycles. The highest BCUT2D eigenvalue weighted by atomic mass is 15.3. The number of rotatable bonds is 4. The molecule has 2 rings (SSSR count). The summed E-state index contributed by atoms with van der Waals surface area (Å²) in [6.45, 7) is 9.01. The first kappa shape index (κ1) is 11.4. The van der Waals surface area contributed by atoms with Crippen LogP contribution in [0.2, 0.25) is 0 Å². The maximum atomic E-state index is 2.72. The van der Waals surface area contributed by atoms with Crippen molar-refractivity contribution in [2.75, 3.05) is 32.7 Å². The SMILES string of the molecule is CCCCCN1CCN2CCCCC2C1. The number of piperidine rings is 1. The minimum Gasteiger partial charge on any atom is -0.301 e. The standard InChI is InChI=1S/C13H26N2/c1-2-3-5-8-14-10-11-15-9-6-4-7-13(15)12-14/h13H,2-12H2,1H3. The third kappa shape index (κ3) is 3.18. The Morgan fingerprint density at radius 3 is 2.87 bits per heavy atom. The molecule has 2 aliphatic heterocycles. The average molecular weight is 210 g/mol. The summed E-state index contributed by atoms with van der Waals surface area (Å²) in [5, 5.41) is 0. The number of hydrogen-bond acceptors (Lipinski definition) is 2. The Kier molecular flexibility index (Phi) is 4.45. The van der Waals surface area contributed by atoms with Crippen LogP contribution in [0.5, 0.6) is 0 Å². The predicted molar refractivity (Wildman–Crippen MR) is 65.2 cm³/mol. The van der Waals surface area contributed by atoms with Gasteiger partial charge in [0.25, 0.3) is 0 Å². The molecule has 0 N–H and O–H groups in total. The number of hydrogen-bond donors (Lipinski definition) is 0. The van der Waals surface area contributed by atoms with Crippen LogP contribution in [0.25, 0.3) is 0 Å². The first-order valence-corrected chi connectivity index (χ1v) is 6.86. The fourth-order valence-corrected chi connectivity index (χ4v) is 3.01. The van der Waals surface area contributed by atoms with E-state index >= 15 is 0 Å². The molecule has 0 radical (unpaired) electrons. The van der Waals surface area contributed by atoms with Crippen molar-refractivity contribution in [3.63, 3.8) is 0 Å². The molecule has 0 bridgehead atoms. The summed E-state index contributed by atoms with van der Waals surface area (Å²) in [7, 11) is 0. The van der Waals surface area contributed by atoms with Gasteiger partial charge in [-0.2, -0.15) is 0 Å². The zero-order valence-corrected chi connectivity index (χ0v) is 10.2. The first-order valence-electron chi connectivity index (χ1n) is 6.86. The van der Waals surface area contributed by atoms with Crippen molar-refractivity contribution in [1.29, 1.82) is 0 Å². The Hall–Kier alpha value is -0.0800. The van der Waals surface area contributed by atoms with Crippen LogP contribution < -0.4 is 0 Å². The van der Waals surface area contributed by atoms with Gasteiger partial charge in [-0.1, -0.05) is 26.2 Å². The Balaban J connectivity index is 1.71. The zero-order chi connectivity index (χ0) is 10.5. The van der Waals surface area contributed by atoms with Gasteiger partial charge in [0.05, 0.1) is 0 Å². The summed E-state index contributed by atoms with van der Waals surface area (Å²) < 4.78 is 0. The summed E-state index contributed by atoms with van der Waals surface area (Å²) in [6.07, 6.45) is 8.51. The minimum atomic E-state index is 0.897. The molecule has 2 heteroatoms. The van der Waals surface area contributed by atoms with E-state index in [-0.39, 0.29) is 0 Å². The highest BCUT2D eigenvalue weighted by molar-refractivity contribution is 4.84. The lowest BCUT2D eigenvalue weighted by molar-refractivity contribution is 0.0487. The van der Waals surface area contributed by atoms with Gasteiger partial charge in [0.2, 0.25) is 0 Å². The summed E-state index contributed by atoms with van der Waals surface area (Å²) in [5.74, 6) is 0. The normalized spacial score (nSPS) is 29.0. The number of unbranched alkanes of at least 4 members (excludes halogenated alkanes) is 2. The Morgan fingerprint density at radius 1 is 1.07 bits per heavy atom. The maximum Gasteiger partial charge on any atom is 0.0223 e. The van der Waals surface area contributed by atoms with E-state index in [2.05, 4.69) is 16.7 Å². The second kappa shape index (κ2) is 5.86. The maximum absolute atomic E-state index is 2.72. The molecule has 15 heavy (non-hydrogen) atoms. The molecular formula is C13H26N2. The van der Waals surface area contributed by atoms with E-state index in [9.17, 15) is 0 Å². The Morgan fingerprint density at radius 2 is 2.00 bits per heavy atom. The molecule has 2 heterocycles. The molecule has 1 atom stereocenters. The van der Waals surface area contributed by atoms with Crippen molar-refractivity contribution in [1.82, 2.24) is 9.80 Å². The molecule has 2 nitrogen and oxygen atoms in total. The van der Waals surface area contributed by atoms with Crippen LogP contribution in [0.15, 0.2) is 0 Å². The second-order valence-electron chi connectivity index (χ2n) is 5.19. The fourth-order valence-electron chi connectivity index (χ4n) is 3.01. The van der Waals surface area contributed by atoms with E-state index in [0.29, 0.717) is 0 Å². The predicted octanol–water partition coefficient (Wildman–Crippen LogP) is 2.35. The van der Waals surface area contributed by atoms with Crippen molar-refractivity contribution in [3.05, 3.63) is 0 Å². The van der Waals surface area contributed by atoms with Gasteiger partial charge in [-0.15, -0.1) is 0 Å². The lowest BCUT2D eigenvalue weighted by Gasteiger charge is -2.44. The Labute approximate surface area is 94.6 Å². The zero-order valence-electron chi connectivity index (χ0n) is 10.2. The lowest BCUT2D eigenvalue weighted by Crippen LogP contribution is -2.54. The van der Waals surface area contributed by atoms with Crippen molar-refractivity contribution >= 4 is 0 Å². The number of piperazine rings is 1. The van der Waals surface area contributed by atoms with Crippen LogP contribution in [0, 0.1) is 0 Å². The third-order valence-corrected chi connectivity index (χ3v) is 4.00. The summed E-state index contributed by atoms with van der Waals surface area (Å²) in [6, 6.07) is 0.897.